The van der Waals surface area contributed by atoms with E-state index in [1.807, 2.05) is 24.3 Å². The van der Waals surface area contributed by atoms with Crippen LogP contribution in [0.4, 0.5) is 0 Å². The highest BCUT2D eigenvalue weighted by molar-refractivity contribution is 7.00. The van der Waals surface area contributed by atoms with Gasteiger partial charge in [0, 0.05) is 5.39 Å². The van der Waals surface area contributed by atoms with E-state index in [-0.39, 0.29) is 11.6 Å². The van der Waals surface area contributed by atoms with E-state index in [0.717, 1.165) is 22.1 Å². The van der Waals surface area contributed by atoms with Crippen LogP contribution < -0.4 is 14.8 Å². The van der Waals surface area contributed by atoms with Crippen molar-refractivity contribution in [1.29, 1.82) is 0 Å². The van der Waals surface area contributed by atoms with Crippen molar-refractivity contribution in [2.75, 3.05) is 0 Å². The average molecular weight is 413 g/mol. The first-order valence-electron chi connectivity index (χ1n) is 10.4. The van der Waals surface area contributed by atoms with Crippen LogP contribution in [0.25, 0.3) is 10.8 Å². The van der Waals surface area contributed by atoms with Crippen molar-refractivity contribution in [3.63, 3.8) is 0 Å². The molecule has 0 radical (unpaired) electrons. The summed E-state index contributed by atoms with van der Waals surface area (Å²) in [7, 11) is -2.72. The Labute approximate surface area is 179 Å². The van der Waals surface area contributed by atoms with Crippen molar-refractivity contribution in [3.05, 3.63) is 103 Å². The lowest BCUT2D eigenvalue weighted by Gasteiger charge is -2.43. The number of aliphatic hydroxyl groups is 1. The van der Waals surface area contributed by atoms with Gasteiger partial charge < -0.3 is 9.53 Å². The Hall–Kier alpha value is -2.88. The minimum absolute atomic E-state index is 0.0120. The Morgan fingerprint density at radius 2 is 1.27 bits per heavy atom. The van der Waals surface area contributed by atoms with Crippen molar-refractivity contribution in [1.82, 2.24) is 0 Å². The van der Waals surface area contributed by atoms with Crippen molar-refractivity contribution < 1.29 is 9.53 Å². The summed E-state index contributed by atoms with van der Waals surface area (Å²) in [5.74, 6) is 0.839. The number of benzene rings is 4. The molecule has 2 nitrogen and oxygen atoms in total. The molecule has 0 aliphatic carbocycles. The molecule has 0 saturated heterocycles. The Morgan fingerprint density at radius 3 is 1.80 bits per heavy atom. The molecule has 0 amide bonds. The van der Waals surface area contributed by atoms with Crippen LogP contribution in [-0.2, 0) is 6.61 Å². The topological polar surface area (TPSA) is 29.5 Å². The van der Waals surface area contributed by atoms with Crippen LogP contribution >= 0.6 is 0 Å². The smallest absolute Gasteiger partial charge is 0.319 e. The van der Waals surface area contributed by atoms with Gasteiger partial charge in [0.15, 0.2) is 0 Å². The van der Waals surface area contributed by atoms with Crippen LogP contribution in [0.5, 0.6) is 5.75 Å². The minimum atomic E-state index is -2.72. The van der Waals surface area contributed by atoms with Crippen molar-refractivity contribution >= 4 is 29.5 Å². The Kier molecular flexibility index (Phi) is 5.50. The van der Waals surface area contributed by atoms with Gasteiger partial charge in [-0.15, -0.1) is 0 Å². The van der Waals surface area contributed by atoms with Gasteiger partial charge in [0.05, 0.1) is 6.61 Å². The number of hydrogen-bond donors (Lipinski definition) is 1. The molecule has 0 unspecified atom stereocenters. The van der Waals surface area contributed by atoms with E-state index in [2.05, 4.69) is 93.6 Å². The molecule has 0 spiro atoms. The zero-order chi connectivity index (χ0) is 21.2. The first kappa shape index (κ1) is 20.4. The second-order valence-corrected chi connectivity index (χ2v) is 13.0. The van der Waals surface area contributed by atoms with Gasteiger partial charge in [-0.3, -0.25) is 0 Å². The third-order valence-corrected chi connectivity index (χ3v) is 10.7. The monoisotopic (exact) mass is 412 g/mol. The average Bonchev–Trinajstić information content (AvgIpc) is 2.77. The number of fused-ring (bicyclic) bond motifs is 1. The number of rotatable bonds is 5. The SMILES string of the molecule is CC(C)(C)[Si](Oc1cc(CO)cc2ccccc12)(c1ccccc1)c1ccccc1. The number of aliphatic hydroxyl groups excluding tert-OH is 1. The Balaban J connectivity index is 2.02. The van der Waals surface area contributed by atoms with Gasteiger partial charge in [0.1, 0.15) is 5.75 Å². The van der Waals surface area contributed by atoms with Gasteiger partial charge in [0.25, 0.3) is 0 Å². The maximum Gasteiger partial charge on any atom is 0.319 e. The molecule has 0 saturated carbocycles. The van der Waals surface area contributed by atoms with Gasteiger partial charge >= 0.3 is 8.32 Å². The fourth-order valence-corrected chi connectivity index (χ4v) is 8.75. The Bertz CT molecular complexity index is 1090. The van der Waals surface area contributed by atoms with E-state index in [4.69, 9.17) is 4.43 Å². The van der Waals surface area contributed by atoms with Gasteiger partial charge in [-0.1, -0.05) is 106 Å². The van der Waals surface area contributed by atoms with E-state index >= 15 is 0 Å². The highest BCUT2D eigenvalue weighted by atomic mass is 28.4. The molecule has 0 bridgehead atoms. The van der Waals surface area contributed by atoms with E-state index in [9.17, 15) is 5.11 Å². The van der Waals surface area contributed by atoms with E-state index in [1.54, 1.807) is 0 Å². The van der Waals surface area contributed by atoms with Crippen LogP contribution in [-0.4, -0.2) is 13.4 Å². The second kappa shape index (κ2) is 8.09. The van der Waals surface area contributed by atoms with Crippen LogP contribution in [0.1, 0.15) is 26.3 Å². The second-order valence-electron chi connectivity index (χ2n) is 8.74. The number of hydrogen-bond acceptors (Lipinski definition) is 2. The first-order valence-corrected chi connectivity index (χ1v) is 12.3. The highest BCUT2D eigenvalue weighted by Gasteiger charge is 2.52. The van der Waals surface area contributed by atoms with E-state index in [1.165, 1.54) is 10.4 Å². The molecule has 0 aliphatic rings. The summed E-state index contributed by atoms with van der Waals surface area (Å²) in [5, 5.41) is 14.4. The summed E-state index contributed by atoms with van der Waals surface area (Å²) in [5.41, 5.74) is 0.863. The lowest BCUT2D eigenvalue weighted by molar-refractivity contribution is 0.281. The zero-order valence-electron chi connectivity index (χ0n) is 17.8. The molecular weight excluding hydrogens is 384 g/mol. The zero-order valence-corrected chi connectivity index (χ0v) is 18.8. The molecule has 0 aliphatic heterocycles. The normalized spacial score (nSPS) is 12.1. The minimum Gasteiger partial charge on any atom is -0.534 e. The lowest BCUT2D eigenvalue weighted by atomic mass is 10.1. The Morgan fingerprint density at radius 1 is 0.733 bits per heavy atom. The van der Waals surface area contributed by atoms with E-state index in [0.29, 0.717) is 0 Å². The molecule has 4 rings (SSSR count). The first-order chi connectivity index (χ1) is 14.5. The van der Waals surface area contributed by atoms with Crippen molar-refractivity contribution in [2.24, 2.45) is 0 Å². The summed E-state index contributed by atoms with van der Waals surface area (Å²) in [4.78, 5) is 0. The van der Waals surface area contributed by atoms with Gasteiger partial charge in [0.2, 0.25) is 0 Å². The quantitative estimate of drug-likeness (QED) is 0.453. The fourth-order valence-electron chi connectivity index (χ4n) is 4.32. The predicted molar refractivity (Wildman–Crippen MR) is 128 cm³/mol. The van der Waals surface area contributed by atoms with Crippen LogP contribution in [0.3, 0.4) is 0 Å². The van der Waals surface area contributed by atoms with Crippen LogP contribution in [0.2, 0.25) is 5.04 Å². The highest BCUT2D eigenvalue weighted by Crippen LogP contribution is 2.39. The summed E-state index contributed by atoms with van der Waals surface area (Å²) < 4.78 is 7.22. The van der Waals surface area contributed by atoms with Crippen LogP contribution in [0, 0.1) is 0 Å². The molecule has 1 N–H and O–H groups in total. The molecular formula is C27H28O2Si. The molecule has 4 aromatic rings. The summed E-state index contributed by atoms with van der Waals surface area (Å²) in [6.07, 6.45) is 0. The largest absolute Gasteiger partial charge is 0.534 e. The molecule has 3 heteroatoms. The summed E-state index contributed by atoms with van der Waals surface area (Å²) in [6.45, 7) is 6.81. The fraction of sp³-hybridized carbons (Fsp3) is 0.185. The van der Waals surface area contributed by atoms with Crippen molar-refractivity contribution in [3.8, 4) is 5.75 Å². The molecule has 0 heterocycles. The lowest BCUT2D eigenvalue weighted by Crippen LogP contribution is -2.68. The molecule has 152 valence electrons. The standard InChI is InChI=1S/C27H28O2Si/c1-27(2,3)30(23-13-6-4-7-14-23,24-15-8-5-9-16-24)29-26-19-21(20-28)18-22-12-10-11-17-25(22)26/h4-19,28H,20H2,1-3H3. The van der Waals surface area contributed by atoms with Gasteiger partial charge in [-0.2, -0.15) is 0 Å². The summed E-state index contributed by atoms with van der Waals surface area (Å²) in [6, 6.07) is 33.6. The third-order valence-electron chi connectivity index (χ3n) is 5.75. The maximum atomic E-state index is 9.87. The molecule has 4 aromatic carbocycles. The molecule has 0 fully saturated rings. The third kappa shape index (κ3) is 3.55. The molecule has 30 heavy (non-hydrogen) atoms. The molecule has 0 atom stereocenters. The summed E-state index contributed by atoms with van der Waals surface area (Å²) >= 11 is 0. The van der Waals surface area contributed by atoms with Gasteiger partial charge in [-0.05, 0) is 38.5 Å². The predicted octanol–water partition coefficient (Wildman–Crippen LogP) is 5.27. The van der Waals surface area contributed by atoms with Crippen molar-refractivity contribution in [2.45, 2.75) is 32.4 Å². The molecule has 0 aromatic heterocycles. The van der Waals surface area contributed by atoms with E-state index < -0.39 is 8.32 Å². The van der Waals surface area contributed by atoms with Gasteiger partial charge in [-0.25, -0.2) is 0 Å². The van der Waals surface area contributed by atoms with Crippen LogP contribution in [0.15, 0.2) is 97.1 Å². The maximum absolute atomic E-state index is 9.87.